The average Bonchev–Trinajstić information content (AvgIpc) is 2.88. The lowest BCUT2D eigenvalue weighted by Crippen LogP contribution is -2.30. The summed E-state index contributed by atoms with van der Waals surface area (Å²) < 4.78 is 0. The second-order valence-corrected chi connectivity index (χ2v) is 9.81. The fourth-order valence-electron chi connectivity index (χ4n) is 5.62. The molecule has 3 nitrogen and oxygen atoms in total. The summed E-state index contributed by atoms with van der Waals surface area (Å²) in [5, 5.41) is 4.82. The Labute approximate surface area is 200 Å². The van der Waals surface area contributed by atoms with Crippen molar-refractivity contribution in [2.24, 2.45) is 0 Å². The maximum absolute atomic E-state index is 13.7. The number of carbonyl (C=O) groups is 1. The van der Waals surface area contributed by atoms with Crippen LogP contribution < -0.4 is 5.32 Å². The van der Waals surface area contributed by atoms with Gasteiger partial charge in [0.05, 0.1) is 11.2 Å². The molecule has 0 saturated carbocycles. The number of hydrogen-bond acceptors (Lipinski definition) is 3. The highest BCUT2D eigenvalue weighted by molar-refractivity contribution is 6.04. The Balaban J connectivity index is 1.52. The quantitative estimate of drug-likeness (QED) is 0.360. The molecule has 0 bridgehead atoms. The van der Waals surface area contributed by atoms with E-state index in [9.17, 15) is 4.79 Å². The number of carbonyl (C=O) groups excluding carboxylic acids is 1. The predicted octanol–water partition coefficient (Wildman–Crippen LogP) is 7.32. The molecule has 34 heavy (non-hydrogen) atoms. The predicted molar refractivity (Wildman–Crippen MR) is 138 cm³/mol. The molecule has 0 amide bonds. The maximum atomic E-state index is 13.7. The van der Waals surface area contributed by atoms with Crippen LogP contribution in [0.5, 0.6) is 0 Å². The van der Waals surface area contributed by atoms with E-state index in [1.54, 1.807) is 0 Å². The van der Waals surface area contributed by atoms with Gasteiger partial charge in [-0.25, -0.2) is 0 Å². The van der Waals surface area contributed by atoms with Crippen LogP contribution in [0.15, 0.2) is 96.3 Å². The number of rotatable bonds is 3. The van der Waals surface area contributed by atoms with Crippen LogP contribution >= 0.6 is 0 Å². The number of ketones is 1. The minimum absolute atomic E-state index is 0.0682. The molecule has 1 aliphatic heterocycles. The zero-order valence-electron chi connectivity index (χ0n) is 19.6. The third kappa shape index (κ3) is 3.43. The number of anilines is 1. The van der Waals surface area contributed by atoms with E-state index in [4.69, 9.17) is 0 Å². The standard InChI is InChI=1S/C31H28N2O/c1-19(2)20-10-12-22(13-11-20)29-25-14-15-26-24(9-6-16-32-26)31(25)33-27-17-23(18-28(34)30(27)29)21-7-4-3-5-8-21/h3-16,19,23,29,33H,17-18H2,1-2H3. The van der Waals surface area contributed by atoms with Gasteiger partial charge in [-0.05, 0) is 58.7 Å². The molecule has 0 spiro atoms. The SMILES string of the molecule is CC(C)c1ccc(C2C3=C(CC(c4ccccc4)CC3=O)Nc3c2ccc2ncccc32)cc1. The molecule has 0 saturated heterocycles. The highest BCUT2D eigenvalue weighted by Gasteiger charge is 2.38. The first-order valence-electron chi connectivity index (χ1n) is 12.2. The lowest BCUT2D eigenvalue weighted by molar-refractivity contribution is -0.116. The third-order valence-electron chi connectivity index (χ3n) is 7.41. The van der Waals surface area contributed by atoms with Crippen LogP contribution in [0.1, 0.15) is 66.7 Å². The van der Waals surface area contributed by atoms with E-state index < -0.39 is 0 Å². The molecular weight excluding hydrogens is 416 g/mol. The van der Waals surface area contributed by atoms with Gasteiger partial charge in [-0.2, -0.15) is 0 Å². The molecule has 168 valence electrons. The molecule has 2 aliphatic rings. The first-order valence-corrected chi connectivity index (χ1v) is 12.2. The number of aromatic nitrogens is 1. The van der Waals surface area contributed by atoms with Crippen molar-refractivity contribution in [1.29, 1.82) is 0 Å². The van der Waals surface area contributed by atoms with Crippen molar-refractivity contribution in [2.45, 2.75) is 44.4 Å². The third-order valence-corrected chi connectivity index (χ3v) is 7.41. The van der Waals surface area contributed by atoms with E-state index in [1.165, 1.54) is 16.7 Å². The molecule has 1 N–H and O–H groups in total. The Morgan fingerprint density at radius 3 is 2.41 bits per heavy atom. The molecule has 2 heterocycles. The summed E-state index contributed by atoms with van der Waals surface area (Å²) in [6, 6.07) is 27.6. The van der Waals surface area contributed by atoms with Crippen LogP contribution in [0.2, 0.25) is 0 Å². The summed E-state index contributed by atoms with van der Waals surface area (Å²) >= 11 is 0. The lowest BCUT2D eigenvalue weighted by atomic mass is 9.71. The summed E-state index contributed by atoms with van der Waals surface area (Å²) in [6.45, 7) is 4.42. The molecule has 0 radical (unpaired) electrons. The van der Waals surface area contributed by atoms with Gasteiger partial charge in [0.1, 0.15) is 0 Å². The van der Waals surface area contributed by atoms with E-state index in [0.717, 1.165) is 39.8 Å². The van der Waals surface area contributed by atoms with E-state index in [1.807, 2.05) is 18.3 Å². The zero-order valence-corrected chi connectivity index (χ0v) is 19.6. The van der Waals surface area contributed by atoms with Gasteiger partial charge in [-0.1, -0.05) is 74.5 Å². The van der Waals surface area contributed by atoms with Crippen molar-refractivity contribution in [3.05, 3.63) is 119 Å². The molecule has 2 unspecified atom stereocenters. The molecular formula is C31H28N2O. The highest BCUT2D eigenvalue weighted by Crippen LogP contribution is 2.49. The van der Waals surface area contributed by atoms with Crippen molar-refractivity contribution < 1.29 is 4.79 Å². The van der Waals surface area contributed by atoms with Crippen LogP contribution in [0.3, 0.4) is 0 Å². The normalized spacial score (nSPS) is 19.7. The number of nitrogens with one attached hydrogen (secondary N) is 1. The molecule has 3 heteroatoms. The van der Waals surface area contributed by atoms with E-state index in [0.29, 0.717) is 12.3 Å². The molecule has 1 aliphatic carbocycles. The Hall–Kier alpha value is -3.72. The molecule has 3 aromatic carbocycles. The van der Waals surface area contributed by atoms with Gasteiger partial charge < -0.3 is 5.32 Å². The number of Topliss-reactive ketones (excluding diaryl/α,β-unsaturated/α-hetero) is 1. The minimum atomic E-state index is -0.0682. The van der Waals surface area contributed by atoms with Gasteiger partial charge in [-0.15, -0.1) is 0 Å². The summed E-state index contributed by atoms with van der Waals surface area (Å²) in [6.07, 6.45) is 3.22. The average molecular weight is 445 g/mol. The van der Waals surface area contributed by atoms with Gasteiger partial charge in [-0.3, -0.25) is 9.78 Å². The fraction of sp³-hybridized carbons (Fsp3) is 0.226. The summed E-state index contributed by atoms with van der Waals surface area (Å²) in [5.41, 5.74) is 8.92. The van der Waals surface area contributed by atoms with Crippen molar-refractivity contribution in [1.82, 2.24) is 4.98 Å². The molecule has 2 atom stereocenters. The van der Waals surface area contributed by atoms with Crippen LogP contribution in [-0.4, -0.2) is 10.8 Å². The fourth-order valence-corrected chi connectivity index (χ4v) is 5.62. The largest absolute Gasteiger partial charge is 0.358 e. The van der Waals surface area contributed by atoms with Crippen molar-refractivity contribution in [3.8, 4) is 0 Å². The van der Waals surface area contributed by atoms with Gasteiger partial charge in [0.25, 0.3) is 0 Å². The molecule has 0 fully saturated rings. The monoisotopic (exact) mass is 444 g/mol. The maximum Gasteiger partial charge on any atom is 0.162 e. The van der Waals surface area contributed by atoms with Crippen LogP contribution in [0.4, 0.5) is 5.69 Å². The van der Waals surface area contributed by atoms with E-state index >= 15 is 0 Å². The number of hydrogen-bond donors (Lipinski definition) is 1. The smallest absolute Gasteiger partial charge is 0.162 e. The number of nitrogens with zero attached hydrogens (tertiary/aromatic N) is 1. The summed E-state index contributed by atoms with van der Waals surface area (Å²) in [7, 11) is 0. The molecule has 4 aromatic rings. The van der Waals surface area contributed by atoms with Gasteiger partial charge in [0, 0.05) is 35.2 Å². The van der Waals surface area contributed by atoms with Crippen LogP contribution in [-0.2, 0) is 4.79 Å². The number of fused-ring (bicyclic) bond motifs is 3. The zero-order chi connectivity index (χ0) is 23.2. The van der Waals surface area contributed by atoms with Crippen LogP contribution in [0.25, 0.3) is 10.9 Å². The number of benzene rings is 3. The lowest BCUT2D eigenvalue weighted by Gasteiger charge is -2.37. The summed E-state index contributed by atoms with van der Waals surface area (Å²) in [5.74, 6) is 0.847. The Morgan fingerprint density at radius 2 is 1.65 bits per heavy atom. The van der Waals surface area contributed by atoms with Crippen LogP contribution in [0, 0.1) is 0 Å². The first kappa shape index (κ1) is 20.9. The minimum Gasteiger partial charge on any atom is -0.358 e. The molecule has 1 aromatic heterocycles. The Bertz CT molecular complexity index is 1420. The van der Waals surface area contributed by atoms with Crippen molar-refractivity contribution >= 4 is 22.4 Å². The van der Waals surface area contributed by atoms with Gasteiger partial charge in [0.2, 0.25) is 0 Å². The highest BCUT2D eigenvalue weighted by atomic mass is 16.1. The molecule has 6 rings (SSSR count). The summed E-state index contributed by atoms with van der Waals surface area (Å²) in [4.78, 5) is 18.3. The number of pyridine rings is 1. The second-order valence-electron chi connectivity index (χ2n) is 9.81. The first-order chi connectivity index (χ1) is 16.6. The second kappa shape index (κ2) is 8.25. The van der Waals surface area contributed by atoms with Crippen molar-refractivity contribution in [3.63, 3.8) is 0 Å². The van der Waals surface area contributed by atoms with Crippen molar-refractivity contribution in [2.75, 3.05) is 5.32 Å². The Morgan fingerprint density at radius 1 is 0.853 bits per heavy atom. The Kier molecular flexibility index (Phi) is 5.06. The number of allylic oxidation sites excluding steroid dienone is 2. The van der Waals surface area contributed by atoms with Gasteiger partial charge >= 0.3 is 0 Å². The van der Waals surface area contributed by atoms with E-state index in [-0.39, 0.29) is 17.6 Å². The topological polar surface area (TPSA) is 42.0 Å². The van der Waals surface area contributed by atoms with Gasteiger partial charge in [0.15, 0.2) is 5.78 Å². The van der Waals surface area contributed by atoms with E-state index in [2.05, 4.69) is 90.9 Å².